The Morgan fingerprint density at radius 1 is 0.600 bits per heavy atom. The molecular weight excluding hydrogens is 1230 g/mol. The number of carbonyl (C=O) groups is 1. The molecule has 0 fully saturated rings. The molecular formula is C59H56Ir2N5O4-3. The summed E-state index contributed by atoms with van der Waals surface area (Å²) in [5.41, 5.74) is 13.6. The number of aliphatic hydroxyl groups is 1. The molecule has 0 spiro atoms. The largest absolute Gasteiger partial charge is 0.512 e. The van der Waals surface area contributed by atoms with Gasteiger partial charge in [0.05, 0.1) is 5.76 Å². The molecule has 10 aromatic rings. The molecule has 10 rings (SSSR count). The SMILES string of the molecule is CCC(CC)C(=O)C=C(O)C(CC)CC.Cc1[c-]c(-c2ncnc3c2oc2ccccc23)cc(C)c1.Cc1cccc(-c2[c-]cccc2)n1.[Ir].[Ir].[c-]1ccccc1-c1ncnc2c1oc1ccccc12. The molecule has 70 heavy (non-hydrogen) atoms. The van der Waals surface area contributed by atoms with Gasteiger partial charge in [-0.25, -0.2) is 9.97 Å². The number of rotatable bonds is 10. The number of aromatic nitrogens is 5. The molecule has 9 nitrogen and oxygen atoms in total. The summed E-state index contributed by atoms with van der Waals surface area (Å²) in [5, 5.41) is 11.8. The van der Waals surface area contributed by atoms with Gasteiger partial charge in [-0.15, -0.1) is 107 Å². The van der Waals surface area contributed by atoms with Crippen molar-refractivity contribution in [3.63, 3.8) is 0 Å². The first-order chi connectivity index (χ1) is 33.1. The van der Waals surface area contributed by atoms with Gasteiger partial charge in [-0.2, -0.15) is 0 Å². The maximum Gasteiger partial charge on any atom is 0.162 e. The maximum atomic E-state index is 11.7. The standard InChI is InChI=1S/C18H13N2O.C16H9N2O.C13H24O2.C12H10N.2Ir/c1-11-7-12(2)9-13(8-11)16-18-17(20-10-19-16)14-5-3-4-6-15(14)21-18;1-2-6-11(7-3-1)14-16-15(18-10-17-14)12-8-4-5-9-13(12)19-16;1-5-10(6-2)12(14)9-13(15)11(7-3)8-4;1-10-6-5-9-12(13-10)11-7-3-2-4-8-11;;/h3-8,10H,1-2H3;1-6,8-10H;9-11,14H,5-8H2,1-4H3;2-7,9H,1H3;;/q2*-1;;-1;;. The summed E-state index contributed by atoms with van der Waals surface area (Å²) >= 11 is 0. The zero-order valence-corrected chi connectivity index (χ0v) is 45.2. The maximum absolute atomic E-state index is 11.7. The second-order valence-electron chi connectivity index (χ2n) is 16.5. The number of nitrogens with zero attached hydrogens (tertiary/aromatic N) is 5. The van der Waals surface area contributed by atoms with Crippen LogP contribution in [0.3, 0.4) is 0 Å². The fourth-order valence-electron chi connectivity index (χ4n) is 8.02. The summed E-state index contributed by atoms with van der Waals surface area (Å²) in [6, 6.07) is 51.2. The topological polar surface area (TPSA) is 128 Å². The minimum Gasteiger partial charge on any atom is -0.512 e. The number of para-hydroxylation sites is 2. The van der Waals surface area contributed by atoms with Crippen LogP contribution in [0.4, 0.5) is 0 Å². The Bertz CT molecular complexity index is 3250. The summed E-state index contributed by atoms with van der Waals surface area (Å²) in [5.74, 6) is 0.547. The van der Waals surface area contributed by atoms with E-state index in [-0.39, 0.29) is 63.6 Å². The minimum absolute atomic E-state index is 0. The van der Waals surface area contributed by atoms with Crippen LogP contribution in [0.15, 0.2) is 161 Å². The third-order valence-electron chi connectivity index (χ3n) is 11.6. The van der Waals surface area contributed by atoms with Crippen molar-refractivity contribution in [2.75, 3.05) is 0 Å². The normalized spacial score (nSPS) is 11.0. The van der Waals surface area contributed by atoms with E-state index in [1.807, 2.05) is 157 Å². The molecule has 1 N–H and O–H groups in total. The second kappa shape index (κ2) is 26.5. The van der Waals surface area contributed by atoms with Crippen LogP contribution in [0, 0.1) is 50.8 Å². The molecule has 0 atom stereocenters. The Hall–Kier alpha value is -6.48. The number of ketones is 1. The number of hydrogen-bond acceptors (Lipinski definition) is 9. The van der Waals surface area contributed by atoms with E-state index in [4.69, 9.17) is 8.83 Å². The molecule has 0 aliphatic carbocycles. The van der Waals surface area contributed by atoms with Crippen molar-refractivity contribution in [2.24, 2.45) is 11.8 Å². The van der Waals surface area contributed by atoms with Crippen LogP contribution in [0.5, 0.6) is 0 Å². The van der Waals surface area contributed by atoms with Gasteiger partial charge in [0.1, 0.15) is 46.0 Å². The summed E-state index contributed by atoms with van der Waals surface area (Å²) in [6.45, 7) is 14.2. The zero-order valence-electron chi connectivity index (χ0n) is 40.4. The first kappa shape index (κ1) is 54.5. The number of pyridine rings is 1. The van der Waals surface area contributed by atoms with Crippen LogP contribution in [0.1, 0.15) is 70.2 Å². The number of benzene rings is 5. The summed E-state index contributed by atoms with van der Waals surface area (Å²) in [6.07, 6.45) is 8.06. The molecule has 0 bridgehead atoms. The minimum atomic E-state index is 0. The summed E-state index contributed by atoms with van der Waals surface area (Å²) < 4.78 is 11.9. The number of hydrogen-bond donors (Lipinski definition) is 1. The van der Waals surface area contributed by atoms with Gasteiger partial charge in [-0.1, -0.05) is 77.9 Å². The van der Waals surface area contributed by atoms with E-state index in [0.29, 0.717) is 5.58 Å². The second-order valence-corrected chi connectivity index (χ2v) is 16.5. The molecule has 0 aliphatic heterocycles. The van der Waals surface area contributed by atoms with Crippen molar-refractivity contribution in [2.45, 2.75) is 74.1 Å². The predicted molar refractivity (Wildman–Crippen MR) is 274 cm³/mol. The van der Waals surface area contributed by atoms with E-state index < -0.39 is 0 Å². The van der Waals surface area contributed by atoms with Gasteiger partial charge in [0, 0.05) is 86.0 Å². The Labute approximate surface area is 437 Å². The number of carbonyl (C=O) groups excluding carboxylic acids is 1. The van der Waals surface area contributed by atoms with Gasteiger partial charge >= 0.3 is 0 Å². The third kappa shape index (κ3) is 13.4. The van der Waals surface area contributed by atoms with E-state index in [1.54, 1.807) is 12.7 Å². The fraction of sp³-hybridized carbons (Fsp3) is 0.220. The van der Waals surface area contributed by atoms with E-state index in [9.17, 15) is 9.90 Å². The van der Waals surface area contributed by atoms with Crippen LogP contribution in [0.25, 0.3) is 77.9 Å². The predicted octanol–water partition coefficient (Wildman–Crippen LogP) is 15.0. The quantitative estimate of drug-likeness (QED) is 0.0808. The van der Waals surface area contributed by atoms with Gasteiger partial charge in [-0.3, -0.25) is 14.8 Å². The third-order valence-corrected chi connectivity index (χ3v) is 11.6. The van der Waals surface area contributed by atoms with E-state index in [0.717, 1.165) is 109 Å². The van der Waals surface area contributed by atoms with Gasteiger partial charge in [-0.05, 0) is 68.6 Å². The smallest absolute Gasteiger partial charge is 0.162 e. The van der Waals surface area contributed by atoms with Crippen LogP contribution in [0.2, 0.25) is 0 Å². The Morgan fingerprint density at radius 3 is 1.61 bits per heavy atom. The first-order valence-corrected chi connectivity index (χ1v) is 23.2. The molecule has 0 amide bonds. The van der Waals surface area contributed by atoms with Crippen molar-refractivity contribution < 1.29 is 58.9 Å². The van der Waals surface area contributed by atoms with Gasteiger partial charge in [0.25, 0.3) is 0 Å². The molecule has 0 saturated heterocycles. The van der Waals surface area contributed by atoms with Crippen LogP contribution < -0.4 is 0 Å². The van der Waals surface area contributed by atoms with Crippen LogP contribution in [-0.4, -0.2) is 35.8 Å². The summed E-state index contributed by atoms with van der Waals surface area (Å²) in [4.78, 5) is 33.6. The molecule has 362 valence electrons. The van der Waals surface area contributed by atoms with Gasteiger partial charge < -0.3 is 18.9 Å². The average Bonchev–Trinajstić information content (AvgIpc) is 3.95. The van der Waals surface area contributed by atoms with Gasteiger partial charge in [0.2, 0.25) is 0 Å². The fourth-order valence-corrected chi connectivity index (χ4v) is 8.02. The molecule has 5 aromatic heterocycles. The van der Waals surface area contributed by atoms with Crippen molar-refractivity contribution in [3.05, 3.63) is 187 Å². The van der Waals surface area contributed by atoms with Crippen molar-refractivity contribution in [1.29, 1.82) is 0 Å². The Kier molecular flexibility index (Phi) is 20.6. The number of aliphatic hydroxyl groups excluding tert-OH is 1. The Morgan fingerprint density at radius 2 is 1.11 bits per heavy atom. The molecule has 11 heteroatoms. The first-order valence-electron chi connectivity index (χ1n) is 23.2. The summed E-state index contributed by atoms with van der Waals surface area (Å²) in [7, 11) is 0. The van der Waals surface area contributed by atoms with Crippen molar-refractivity contribution in [1.82, 2.24) is 24.9 Å². The molecule has 0 saturated carbocycles. The molecule has 0 aliphatic rings. The van der Waals surface area contributed by atoms with E-state index in [1.165, 1.54) is 11.6 Å². The number of aryl methyl sites for hydroxylation is 3. The monoisotopic (exact) mass is 1280 g/mol. The van der Waals surface area contributed by atoms with Crippen LogP contribution >= 0.6 is 0 Å². The van der Waals surface area contributed by atoms with E-state index in [2.05, 4.69) is 62.2 Å². The molecule has 5 heterocycles. The number of fused-ring (bicyclic) bond motifs is 6. The van der Waals surface area contributed by atoms with Crippen molar-refractivity contribution in [3.8, 4) is 33.8 Å². The number of allylic oxidation sites excluding steroid dienone is 2. The Balaban J connectivity index is 0.000000175. The van der Waals surface area contributed by atoms with Crippen molar-refractivity contribution >= 4 is 49.9 Å². The number of furan rings is 2. The molecule has 5 aromatic carbocycles. The molecule has 0 unspecified atom stereocenters. The van der Waals surface area contributed by atoms with E-state index >= 15 is 0 Å². The van der Waals surface area contributed by atoms with Gasteiger partial charge in [0.15, 0.2) is 5.78 Å². The van der Waals surface area contributed by atoms with Crippen LogP contribution in [-0.2, 0) is 45.0 Å². The zero-order chi connectivity index (χ0) is 48.0. The molecule has 2 radical (unpaired) electrons. The average molecular weight is 1280 g/mol.